The maximum absolute atomic E-state index is 4.63. The lowest BCUT2D eigenvalue weighted by Gasteiger charge is -2.12. The highest BCUT2D eigenvalue weighted by atomic mass is 15.2. The van der Waals surface area contributed by atoms with E-state index in [0.717, 1.165) is 11.4 Å². The van der Waals surface area contributed by atoms with Crippen LogP contribution in [-0.4, -0.2) is 11.4 Å². The quantitative estimate of drug-likeness (QED) is 0.762. The molecule has 1 heterocycles. The fraction of sp³-hybridized carbons (Fsp3) is 0.333. The van der Waals surface area contributed by atoms with E-state index in [-0.39, 0.29) is 5.41 Å². The van der Waals surface area contributed by atoms with E-state index in [9.17, 15) is 0 Å². The Kier molecular flexibility index (Phi) is 3.06. The van der Waals surface area contributed by atoms with E-state index < -0.39 is 0 Å². The molecule has 1 saturated carbocycles. The van der Waals surface area contributed by atoms with Gasteiger partial charge in [-0.1, -0.05) is 73.5 Å². The molecule has 116 valence electrons. The Morgan fingerprint density at radius 1 is 0.652 bits per heavy atom. The number of nitrogens with zero attached hydrogens (tertiary/aromatic N) is 2. The van der Waals surface area contributed by atoms with Crippen molar-refractivity contribution in [3.63, 3.8) is 0 Å². The average molecular weight is 302 g/mol. The third-order valence-corrected chi connectivity index (χ3v) is 5.38. The Morgan fingerprint density at radius 2 is 1.00 bits per heavy atom. The van der Waals surface area contributed by atoms with Gasteiger partial charge in [-0.15, -0.1) is 0 Å². The van der Waals surface area contributed by atoms with Crippen LogP contribution in [0.4, 0.5) is 0 Å². The van der Waals surface area contributed by atoms with E-state index in [0.29, 0.717) is 11.8 Å². The lowest BCUT2D eigenvalue weighted by atomic mass is 9.98. The van der Waals surface area contributed by atoms with Crippen molar-refractivity contribution in [3.05, 3.63) is 70.8 Å². The molecular weight excluding hydrogens is 280 g/mol. The summed E-state index contributed by atoms with van der Waals surface area (Å²) in [6.07, 6.45) is 0. The molecule has 0 amide bonds. The summed E-state index contributed by atoms with van der Waals surface area (Å²) in [7, 11) is 0. The van der Waals surface area contributed by atoms with Gasteiger partial charge in [0.15, 0.2) is 0 Å². The predicted octanol–water partition coefficient (Wildman–Crippen LogP) is 4.78. The van der Waals surface area contributed by atoms with E-state index in [4.69, 9.17) is 0 Å². The second kappa shape index (κ2) is 4.89. The lowest BCUT2D eigenvalue weighted by Crippen LogP contribution is -2.15. The first-order valence-corrected chi connectivity index (χ1v) is 8.28. The van der Waals surface area contributed by atoms with Gasteiger partial charge in [0.1, 0.15) is 0 Å². The van der Waals surface area contributed by atoms with Gasteiger partial charge < -0.3 is 0 Å². The molecule has 1 aliphatic heterocycles. The van der Waals surface area contributed by atoms with Crippen LogP contribution >= 0.6 is 0 Å². The third kappa shape index (κ3) is 2.24. The highest BCUT2D eigenvalue weighted by Gasteiger charge is 2.64. The molecule has 4 rings (SSSR count). The SMILES string of the molecule is Cc1ccc(C2=NN=C(c3ccc(C)cc3)C3C2C3(C)C)cc1. The van der Waals surface area contributed by atoms with Gasteiger partial charge in [0, 0.05) is 11.8 Å². The molecule has 0 aromatic heterocycles. The molecule has 0 bridgehead atoms. The summed E-state index contributed by atoms with van der Waals surface area (Å²) in [5.41, 5.74) is 7.50. The molecule has 2 heteroatoms. The zero-order valence-electron chi connectivity index (χ0n) is 14.2. The van der Waals surface area contributed by atoms with Crippen molar-refractivity contribution in [1.29, 1.82) is 0 Å². The molecule has 2 atom stereocenters. The molecule has 23 heavy (non-hydrogen) atoms. The number of benzene rings is 2. The van der Waals surface area contributed by atoms with Gasteiger partial charge in [0.25, 0.3) is 0 Å². The normalized spacial score (nSPS) is 24.5. The van der Waals surface area contributed by atoms with Gasteiger partial charge in [-0.25, -0.2) is 0 Å². The van der Waals surface area contributed by atoms with Gasteiger partial charge in [-0.3, -0.25) is 0 Å². The van der Waals surface area contributed by atoms with Crippen molar-refractivity contribution in [2.24, 2.45) is 27.5 Å². The molecule has 2 unspecified atom stereocenters. The highest BCUT2D eigenvalue weighted by Crippen LogP contribution is 2.62. The van der Waals surface area contributed by atoms with Crippen LogP contribution in [0.3, 0.4) is 0 Å². The molecule has 2 nitrogen and oxygen atoms in total. The summed E-state index contributed by atoms with van der Waals surface area (Å²) in [5, 5.41) is 9.27. The Labute approximate surface area is 138 Å². The van der Waals surface area contributed by atoms with E-state index in [1.807, 2.05) is 0 Å². The van der Waals surface area contributed by atoms with E-state index in [2.05, 4.69) is 86.4 Å². The molecule has 1 fully saturated rings. The molecule has 0 spiro atoms. The number of hydrogen-bond acceptors (Lipinski definition) is 2. The number of hydrogen-bond donors (Lipinski definition) is 0. The Balaban J connectivity index is 1.77. The number of rotatable bonds is 2. The summed E-state index contributed by atoms with van der Waals surface area (Å²) in [6.45, 7) is 8.90. The second-order valence-electron chi connectivity index (χ2n) is 7.48. The van der Waals surface area contributed by atoms with E-state index >= 15 is 0 Å². The maximum Gasteiger partial charge on any atom is 0.0746 e. The highest BCUT2D eigenvalue weighted by molar-refractivity contribution is 6.15. The van der Waals surface area contributed by atoms with Crippen LogP contribution in [0.25, 0.3) is 0 Å². The van der Waals surface area contributed by atoms with Gasteiger partial charge in [0.05, 0.1) is 11.4 Å². The minimum atomic E-state index is 0.226. The van der Waals surface area contributed by atoms with Crippen LogP contribution in [0, 0.1) is 31.1 Å². The van der Waals surface area contributed by atoms with Crippen LogP contribution in [0.5, 0.6) is 0 Å². The first kappa shape index (κ1) is 14.4. The van der Waals surface area contributed by atoms with Gasteiger partial charge >= 0.3 is 0 Å². The summed E-state index contributed by atoms with van der Waals surface area (Å²) in [4.78, 5) is 0. The number of fused-ring (bicyclic) bond motifs is 1. The molecule has 1 aliphatic carbocycles. The maximum atomic E-state index is 4.63. The van der Waals surface area contributed by atoms with E-state index in [1.54, 1.807) is 0 Å². The van der Waals surface area contributed by atoms with Crippen molar-refractivity contribution in [2.45, 2.75) is 27.7 Å². The van der Waals surface area contributed by atoms with Crippen molar-refractivity contribution >= 4 is 11.4 Å². The second-order valence-corrected chi connectivity index (χ2v) is 7.48. The van der Waals surface area contributed by atoms with Crippen LogP contribution < -0.4 is 0 Å². The van der Waals surface area contributed by atoms with Crippen LogP contribution in [0.15, 0.2) is 58.7 Å². The largest absolute Gasteiger partial charge is 0.154 e. The Bertz CT molecular complexity index is 738. The predicted molar refractivity (Wildman–Crippen MR) is 96.2 cm³/mol. The standard InChI is InChI=1S/C21H22N2/c1-13-5-9-15(10-6-13)19-17-18(21(17,3)4)20(23-22-19)16-11-7-14(2)8-12-16/h5-12,17-18H,1-4H3. The van der Waals surface area contributed by atoms with Gasteiger partial charge in [-0.2, -0.15) is 10.2 Å². The summed E-state index contributed by atoms with van der Waals surface area (Å²) in [6, 6.07) is 17.3. The summed E-state index contributed by atoms with van der Waals surface area (Å²) in [5.74, 6) is 0.943. The first-order valence-electron chi connectivity index (χ1n) is 8.28. The Morgan fingerprint density at radius 3 is 1.35 bits per heavy atom. The van der Waals surface area contributed by atoms with Crippen LogP contribution in [-0.2, 0) is 0 Å². The average Bonchev–Trinajstić information content (AvgIpc) is 3.12. The number of aryl methyl sites for hydroxylation is 2. The Hall–Kier alpha value is -2.22. The molecule has 0 radical (unpaired) electrons. The molecule has 2 aromatic carbocycles. The lowest BCUT2D eigenvalue weighted by molar-refractivity contribution is 0.603. The van der Waals surface area contributed by atoms with Crippen molar-refractivity contribution in [3.8, 4) is 0 Å². The van der Waals surface area contributed by atoms with Crippen LogP contribution in [0.2, 0.25) is 0 Å². The summed E-state index contributed by atoms with van der Waals surface area (Å²) >= 11 is 0. The zero-order chi connectivity index (χ0) is 16.2. The molecule has 2 aliphatic rings. The van der Waals surface area contributed by atoms with E-state index in [1.165, 1.54) is 22.3 Å². The fourth-order valence-electron chi connectivity index (χ4n) is 3.81. The smallest absolute Gasteiger partial charge is 0.0746 e. The van der Waals surface area contributed by atoms with Crippen molar-refractivity contribution in [1.82, 2.24) is 0 Å². The fourth-order valence-corrected chi connectivity index (χ4v) is 3.81. The molecular formula is C21H22N2. The van der Waals surface area contributed by atoms with Crippen molar-refractivity contribution in [2.75, 3.05) is 0 Å². The van der Waals surface area contributed by atoms with Gasteiger partial charge in [0.2, 0.25) is 0 Å². The third-order valence-electron chi connectivity index (χ3n) is 5.38. The summed E-state index contributed by atoms with van der Waals surface area (Å²) < 4.78 is 0. The van der Waals surface area contributed by atoms with Gasteiger partial charge in [-0.05, 0) is 30.4 Å². The minimum Gasteiger partial charge on any atom is -0.154 e. The monoisotopic (exact) mass is 302 g/mol. The van der Waals surface area contributed by atoms with Crippen LogP contribution in [0.1, 0.15) is 36.1 Å². The molecule has 2 aromatic rings. The topological polar surface area (TPSA) is 24.7 Å². The minimum absolute atomic E-state index is 0.226. The molecule has 0 saturated heterocycles. The zero-order valence-corrected chi connectivity index (χ0v) is 14.2. The molecule has 0 N–H and O–H groups in total. The van der Waals surface area contributed by atoms with Crippen molar-refractivity contribution < 1.29 is 0 Å². The first-order chi connectivity index (χ1) is 11.0.